The normalized spacial score (nSPS) is 19.2. The number of hydrogen-bond donors (Lipinski definition) is 1. The van der Waals surface area contributed by atoms with Crippen LogP contribution < -0.4 is 5.73 Å². The summed E-state index contributed by atoms with van der Waals surface area (Å²) in [5.74, 6) is 0.347. The van der Waals surface area contributed by atoms with E-state index in [4.69, 9.17) is 10.2 Å². The molecule has 0 unspecified atom stereocenters. The van der Waals surface area contributed by atoms with E-state index in [2.05, 4.69) is 4.98 Å². The Balaban J connectivity index is 2.06. The third-order valence-corrected chi connectivity index (χ3v) is 3.64. The van der Waals surface area contributed by atoms with Crippen LogP contribution in [0.25, 0.3) is 11.1 Å². The van der Waals surface area contributed by atoms with Gasteiger partial charge in [0, 0.05) is 0 Å². The van der Waals surface area contributed by atoms with E-state index in [1.807, 2.05) is 0 Å². The number of hydrogen-bond acceptors (Lipinski definition) is 3. The van der Waals surface area contributed by atoms with E-state index in [0.29, 0.717) is 11.5 Å². The van der Waals surface area contributed by atoms with Crippen LogP contribution in [0.15, 0.2) is 22.6 Å². The molecule has 102 valence electrons. The second-order valence-corrected chi connectivity index (χ2v) is 5.06. The fraction of sp³-hybridized carbons (Fsp3) is 0.462. The first-order chi connectivity index (χ1) is 8.88. The van der Waals surface area contributed by atoms with Crippen LogP contribution >= 0.6 is 0 Å². The van der Waals surface area contributed by atoms with Crippen LogP contribution in [-0.4, -0.2) is 4.98 Å². The minimum Gasteiger partial charge on any atom is -0.439 e. The monoisotopic (exact) mass is 270 g/mol. The average molecular weight is 270 g/mol. The minimum atomic E-state index is -4.37. The summed E-state index contributed by atoms with van der Waals surface area (Å²) in [6, 6.07) is 3.29. The molecule has 2 aromatic rings. The molecule has 1 heterocycles. The van der Waals surface area contributed by atoms with Gasteiger partial charge in [-0.25, -0.2) is 4.98 Å². The first kappa shape index (κ1) is 12.5. The lowest BCUT2D eigenvalue weighted by Gasteiger charge is -2.18. The van der Waals surface area contributed by atoms with Gasteiger partial charge in [0.1, 0.15) is 5.52 Å². The number of aromatic nitrogens is 1. The van der Waals surface area contributed by atoms with Crippen LogP contribution in [-0.2, 0) is 11.7 Å². The molecule has 1 aromatic heterocycles. The molecule has 0 spiro atoms. The molecule has 1 aromatic carbocycles. The molecule has 2 N–H and O–H groups in total. The number of benzene rings is 1. The van der Waals surface area contributed by atoms with E-state index in [1.165, 1.54) is 6.07 Å². The summed E-state index contributed by atoms with van der Waals surface area (Å²) in [7, 11) is 0. The third kappa shape index (κ3) is 2.10. The molecule has 3 nitrogen and oxygen atoms in total. The highest BCUT2D eigenvalue weighted by molar-refractivity contribution is 5.73. The van der Waals surface area contributed by atoms with Gasteiger partial charge in [0.25, 0.3) is 0 Å². The molecule has 19 heavy (non-hydrogen) atoms. The van der Waals surface area contributed by atoms with Gasteiger partial charge in [0.2, 0.25) is 5.89 Å². The van der Waals surface area contributed by atoms with Crippen molar-refractivity contribution in [2.24, 2.45) is 5.73 Å². The molecular formula is C13H13F3N2O. The standard InChI is InChI=1S/C13H13F3N2O/c14-13(15,16)8-3-4-10-9(7-8)18-11(19-10)12(17)5-1-2-6-12/h3-4,7H,1-2,5-6,17H2. The van der Waals surface area contributed by atoms with E-state index in [1.54, 1.807) is 0 Å². The zero-order valence-corrected chi connectivity index (χ0v) is 10.1. The molecule has 0 saturated heterocycles. The van der Waals surface area contributed by atoms with Crippen molar-refractivity contribution >= 4 is 11.1 Å². The van der Waals surface area contributed by atoms with Gasteiger partial charge in [0.05, 0.1) is 11.1 Å². The largest absolute Gasteiger partial charge is 0.439 e. The van der Waals surface area contributed by atoms with Crippen molar-refractivity contribution in [3.05, 3.63) is 29.7 Å². The zero-order valence-electron chi connectivity index (χ0n) is 10.1. The topological polar surface area (TPSA) is 52.0 Å². The van der Waals surface area contributed by atoms with Gasteiger partial charge in [0.15, 0.2) is 5.58 Å². The molecule has 0 radical (unpaired) electrons. The molecule has 3 rings (SSSR count). The number of alkyl halides is 3. The second-order valence-electron chi connectivity index (χ2n) is 5.06. The number of oxazole rings is 1. The summed E-state index contributed by atoms with van der Waals surface area (Å²) in [6.45, 7) is 0. The van der Waals surface area contributed by atoms with Crippen molar-refractivity contribution in [3.8, 4) is 0 Å². The predicted molar refractivity (Wildman–Crippen MR) is 63.3 cm³/mol. The van der Waals surface area contributed by atoms with E-state index < -0.39 is 17.3 Å². The van der Waals surface area contributed by atoms with E-state index in [-0.39, 0.29) is 5.52 Å². The predicted octanol–water partition coefficient (Wildman–Crippen LogP) is 3.57. The van der Waals surface area contributed by atoms with E-state index in [9.17, 15) is 13.2 Å². The van der Waals surface area contributed by atoms with Gasteiger partial charge in [-0.3, -0.25) is 0 Å². The molecular weight excluding hydrogens is 257 g/mol. The smallest absolute Gasteiger partial charge is 0.416 e. The number of nitrogens with zero attached hydrogens (tertiary/aromatic N) is 1. The average Bonchev–Trinajstić information content (AvgIpc) is 2.93. The minimum absolute atomic E-state index is 0.210. The van der Waals surface area contributed by atoms with Crippen LogP contribution in [0.4, 0.5) is 13.2 Å². The number of rotatable bonds is 1. The molecule has 1 aliphatic rings. The molecule has 1 fully saturated rings. The second kappa shape index (κ2) is 3.96. The Bertz CT molecular complexity index is 612. The first-order valence-electron chi connectivity index (χ1n) is 6.16. The fourth-order valence-corrected chi connectivity index (χ4v) is 2.54. The van der Waals surface area contributed by atoms with Crippen LogP contribution in [0.5, 0.6) is 0 Å². The zero-order chi connectivity index (χ0) is 13.7. The highest BCUT2D eigenvalue weighted by atomic mass is 19.4. The van der Waals surface area contributed by atoms with Crippen molar-refractivity contribution in [2.75, 3.05) is 0 Å². The van der Waals surface area contributed by atoms with Gasteiger partial charge >= 0.3 is 6.18 Å². The Hall–Kier alpha value is -1.56. The summed E-state index contributed by atoms with van der Waals surface area (Å²) < 4.78 is 43.4. The maximum absolute atomic E-state index is 12.6. The highest BCUT2D eigenvalue weighted by Gasteiger charge is 2.37. The molecule has 0 atom stereocenters. The molecule has 0 amide bonds. The lowest BCUT2D eigenvalue weighted by molar-refractivity contribution is -0.137. The van der Waals surface area contributed by atoms with Crippen molar-refractivity contribution in [2.45, 2.75) is 37.4 Å². The fourth-order valence-electron chi connectivity index (χ4n) is 2.54. The van der Waals surface area contributed by atoms with Crippen LogP contribution in [0.3, 0.4) is 0 Å². The number of nitrogens with two attached hydrogens (primary N) is 1. The first-order valence-corrected chi connectivity index (χ1v) is 6.16. The van der Waals surface area contributed by atoms with Crippen molar-refractivity contribution in [1.29, 1.82) is 0 Å². The molecule has 1 saturated carbocycles. The Morgan fingerprint density at radius 1 is 1.21 bits per heavy atom. The maximum Gasteiger partial charge on any atom is 0.416 e. The van der Waals surface area contributed by atoms with Gasteiger partial charge in [-0.1, -0.05) is 12.8 Å². The lowest BCUT2D eigenvalue weighted by atomic mass is 10.00. The Morgan fingerprint density at radius 3 is 2.53 bits per heavy atom. The van der Waals surface area contributed by atoms with Crippen molar-refractivity contribution in [3.63, 3.8) is 0 Å². The quantitative estimate of drug-likeness (QED) is 0.861. The summed E-state index contributed by atoms with van der Waals surface area (Å²) in [5.41, 5.74) is 5.39. The summed E-state index contributed by atoms with van der Waals surface area (Å²) in [6.07, 6.45) is -0.884. The highest BCUT2D eigenvalue weighted by Crippen LogP contribution is 2.38. The van der Waals surface area contributed by atoms with Gasteiger partial charge in [-0.15, -0.1) is 0 Å². The molecule has 0 bridgehead atoms. The lowest BCUT2D eigenvalue weighted by Crippen LogP contribution is -2.33. The van der Waals surface area contributed by atoms with Crippen molar-refractivity contribution < 1.29 is 17.6 Å². The molecule has 0 aliphatic heterocycles. The summed E-state index contributed by atoms with van der Waals surface area (Å²) >= 11 is 0. The van der Waals surface area contributed by atoms with Gasteiger partial charge in [-0.2, -0.15) is 13.2 Å². The van der Waals surface area contributed by atoms with Crippen LogP contribution in [0.1, 0.15) is 37.1 Å². The van der Waals surface area contributed by atoms with E-state index >= 15 is 0 Å². The van der Waals surface area contributed by atoms with Gasteiger partial charge < -0.3 is 10.2 Å². The number of fused-ring (bicyclic) bond motifs is 1. The van der Waals surface area contributed by atoms with Gasteiger partial charge in [-0.05, 0) is 31.0 Å². The Kier molecular flexibility index (Phi) is 2.60. The third-order valence-electron chi connectivity index (χ3n) is 3.64. The van der Waals surface area contributed by atoms with E-state index in [0.717, 1.165) is 37.8 Å². The molecule has 6 heteroatoms. The molecule has 1 aliphatic carbocycles. The Morgan fingerprint density at radius 2 is 1.89 bits per heavy atom. The number of halogens is 3. The summed E-state index contributed by atoms with van der Waals surface area (Å²) in [4.78, 5) is 4.15. The maximum atomic E-state index is 12.6. The Labute approximate surface area is 107 Å². The van der Waals surface area contributed by atoms with Crippen molar-refractivity contribution in [1.82, 2.24) is 4.98 Å². The SMILES string of the molecule is NC1(c2nc3cc(C(F)(F)F)ccc3o2)CCCC1. The summed E-state index contributed by atoms with van der Waals surface area (Å²) in [5, 5.41) is 0. The van der Waals surface area contributed by atoms with Crippen LogP contribution in [0, 0.1) is 0 Å². The van der Waals surface area contributed by atoms with Crippen LogP contribution in [0.2, 0.25) is 0 Å².